The highest BCUT2D eigenvalue weighted by Gasteiger charge is 2.09. The number of oxazole rings is 1. The van der Waals surface area contributed by atoms with Gasteiger partial charge in [0, 0.05) is 17.2 Å². The lowest BCUT2D eigenvalue weighted by Gasteiger charge is -1.99. The van der Waals surface area contributed by atoms with Gasteiger partial charge in [-0.1, -0.05) is 0 Å². The quantitative estimate of drug-likeness (QED) is 0.380. The van der Waals surface area contributed by atoms with Crippen LogP contribution in [0.1, 0.15) is 11.1 Å². The summed E-state index contributed by atoms with van der Waals surface area (Å²) in [5.74, 6) is 0.798. The standard InChI is InChI=1S/C10H7N3O3/c11-9(12)6-3-5(1-2-14)8-7(4-6)16-10(15)13-8/h1,3-4H,(H3,11,12)(H,13,15). The van der Waals surface area contributed by atoms with Crippen LogP contribution in [0.5, 0.6) is 0 Å². The predicted octanol–water partition coefficient (Wildman–Crippen LogP) is 0.250. The molecular formula is C10H7N3O3. The Balaban J connectivity index is 2.87. The summed E-state index contributed by atoms with van der Waals surface area (Å²) >= 11 is 0. The summed E-state index contributed by atoms with van der Waals surface area (Å²) < 4.78 is 4.83. The number of H-pyrrole nitrogens is 1. The van der Waals surface area contributed by atoms with Crippen LogP contribution in [0.25, 0.3) is 17.2 Å². The third kappa shape index (κ3) is 1.53. The number of hydrogen-bond donors (Lipinski definition) is 3. The highest BCUT2D eigenvalue weighted by molar-refractivity contribution is 6.00. The molecule has 0 saturated heterocycles. The number of benzene rings is 1. The van der Waals surface area contributed by atoms with Crippen molar-refractivity contribution in [3.05, 3.63) is 33.8 Å². The first-order valence-electron chi connectivity index (χ1n) is 4.34. The molecule has 0 aliphatic carbocycles. The van der Waals surface area contributed by atoms with Gasteiger partial charge in [0.05, 0.1) is 5.52 Å². The van der Waals surface area contributed by atoms with E-state index in [1.807, 2.05) is 0 Å². The Morgan fingerprint density at radius 2 is 2.31 bits per heavy atom. The molecule has 2 aromatic rings. The summed E-state index contributed by atoms with van der Waals surface area (Å²) in [6.07, 6.45) is 1.14. The highest BCUT2D eigenvalue weighted by atomic mass is 16.4. The fourth-order valence-corrected chi connectivity index (χ4v) is 1.41. The molecule has 4 N–H and O–H groups in total. The summed E-state index contributed by atoms with van der Waals surface area (Å²) in [4.78, 5) is 23.8. The molecule has 6 heteroatoms. The second kappa shape index (κ2) is 3.52. The Morgan fingerprint density at radius 1 is 1.56 bits per heavy atom. The minimum Gasteiger partial charge on any atom is -0.408 e. The van der Waals surface area contributed by atoms with E-state index in [0.29, 0.717) is 16.6 Å². The maximum Gasteiger partial charge on any atom is 0.417 e. The summed E-state index contributed by atoms with van der Waals surface area (Å²) in [6.45, 7) is 0. The number of aromatic amines is 1. The van der Waals surface area contributed by atoms with E-state index in [1.165, 1.54) is 12.1 Å². The molecule has 0 fully saturated rings. The first-order valence-corrected chi connectivity index (χ1v) is 4.34. The molecule has 0 aliphatic heterocycles. The van der Waals surface area contributed by atoms with E-state index in [-0.39, 0.29) is 11.4 Å². The maximum absolute atomic E-state index is 11.0. The first-order chi connectivity index (χ1) is 7.61. The molecule has 16 heavy (non-hydrogen) atoms. The minimum absolute atomic E-state index is 0.175. The third-order valence-corrected chi connectivity index (χ3v) is 2.09. The van der Waals surface area contributed by atoms with Gasteiger partial charge in [-0.2, -0.15) is 0 Å². The Hall–Kier alpha value is -2.59. The number of nitrogens with two attached hydrogens (primary N) is 1. The SMILES string of the molecule is N=C(N)c1cc(C=C=O)c2[nH]c(=O)oc2c1. The molecule has 0 unspecified atom stereocenters. The van der Waals surface area contributed by atoms with E-state index in [1.54, 1.807) is 5.94 Å². The smallest absolute Gasteiger partial charge is 0.408 e. The molecule has 6 nitrogen and oxygen atoms in total. The molecule has 0 aliphatic rings. The Bertz CT molecular complexity index is 674. The Morgan fingerprint density at radius 3 is 2.94 bits per heavy atom. The molecule has 0 spiro atoms. The molecule has 0 atom stereocenters. The number of hydrogen-bond acceptors (Lipinski definition) is 4. The van der Waals surface area contributed by atoms with Crippen molar-refractivity contribution in [1.29, 1.82) is 5.41 Å². The van der Waals surface area contributed by atoms with E-state index >= 15 is 0 Å². The number of nitrogen functional groups attached to an aromatic ring is 1. The second-order valence-electron chi connectivity index (χ2n) is 3.13. The Labute approximate surface area is 88.9 Å². The van der Waals surface area contributed by atoms with Gasteiger partial charge in [-0.15, -0.1) is 0 Å². The van der Waals surface area contributed by atoms with Crippen LogP contribution in [0.3, 0.4) is 0 Å². The van der Waals surface area contributed by atoms with Crippen LogP contribution in [0.4, 0.5) is 0 Å². The fraction of sp³-hybridized carbons (Fsp3) is 0. The van der Waals surface area contributed by atoms with Crippen molar-refractivity contribution in [2.24, 2.45) is 5.73 Å². The first kappa shape index (κ1) is 9.95. The zero-order valence-electron chi connectivity index (χ0n) is 8.03. The molecule has 2 rings (SSSR count). The van der Waals surface area contributed by atoms with Crippen LogP contribution >= 0.6 is 0 Å². The van der Waals surface area contributed by atoms with Crippen LogP contribution in [0.2, 0.25) is 0 Å². The van der Waals surface area contributed by atoms with Crippen molar-refractivity contribution >= 4 is 29.0 Å². The van der Waals surface area contributed by atoms with Gasteiger partial charge in [-0.25, -0.2) is 9.59 Å². The molecule has 80 valence electrons. The number of rotatable bonds is 2. The van der Waals surface area contributed by atoms with E-state index < -0.39 is 5.76 Å². The molecule has 1 aromatic carbocycles. The molecular weight excluding hydrogens is 210 g/mol. The Kier molecular flexibility index (Phi) is 2.19. The molecule has 0 bridgehead atoms. The maximum atomic E-state index is 11.0. The zero-order chi connectivity index (χ0) is 11.7. The van der Waals surface area contributed by atoms with Gasteiger partial charge in [-0.3, -0.25) is 10.4 Å². The fourth-order valence-electron chi connectivity index (χ4n) is 1.41. The van der Waals surface area contributed by atoms with Gasteiger partial charge in [0.15, 0.2) is 5.58 Å². The van der Waals surface area contributed by atoms with E-state index in [9.17, 15) is 9.59 Å². The van der Waals surface area contributed by atoms with Crippen molar-refractivity contribution in [3.8, 4) is 0 Å². The average Bonchev–Trinajstić information content (AvgIpc) is 2.58. The normalized spacial score (nSPS) is 10.0. The summed E-state index contributed by atoms with van der Waals surface area (Å²) in [5.41, 5.74) is 6.73. The van der Waals surface area contributed by atoms with Crippen LogP contribution in [-0.2, 0) is 4.79 Å². The zero-order valence-corrected chi connectivity index (χ0v) is 8.03. The average molecular weight is 217 g/mol. The number of nitrogens with one attached hydrogen (secondary N) is 2. The predicted molar refractivity (Wildman–Crippen MR) is 58.0 cm³/mol. The van der Waals surface area contributed by atoms with Crippen molar-refractivity contribution in [2.45, 2.75) is 0 Å². The second-order valence-corrected chi connectivity index (χ2v) is 3.13. The van der Waals surface area contributed by atoms with Gasteiger partial charge >= 0.3 is 5.76 Å². The topological polar surface area (TPSA) is 113 Å². The van der Waals surface area contributed by atoms with Crippen LogP contribution < -0.4 is 11.5 Å². The van der Waals surface area contributed by atoms with Gasteiger partial charge in [0.2, 0.25) is 0 Å². The highest BCUT2D eigenvalue weighted by Crippen LogP contribution is 2.18. The lowest BCUT2D eigenvalue weighted by Crippen LogP contribution is -2.11. The van der Waals surface area contributed by atoms with Crippen molar-refractivity contribution < 1.29 is 9.21 Å². The molecule has 0 amide bonds. The summed E-state index contributed by atoms with van der Waals surface area (Å²) in [6, 6.07) is 2.96. The molecule has 0 radical (unpaired) electrons. The molecule has 1 heterocycles. The lowest BCUT2D eigenvalue weighted by atomic mass is 10.1. The number of fused-ring (bicyclic) bond motifs is 1. The van der Waals surface area contributed by atoms with Crippen molar-refractivity contribution in [1.82, 2.24) is 4.98 Å². The molecule has 0 saturated carbocycles. The van der Waals surface area contributed by atoms with E-state index in [4.69, 9.17) is 15.6 Å². The van der Waals surface area contributed by atoms with E-state index in [0.717, 1.165) is 6.08 Å². The van der Waals surface area contributed by atoms with Crippen molar-refractivity contribution in [3.63, 3.8) is 0 Å². The minimum atomic E-state index is -0.628. The van der Waals surface area contributed by atoms with Gasteiger partial charge in [0.25, 0.3) is 0 Å². The van der Waals surface area contributed by atoms with Crippen LogP contribution in [-0.4, -0.2) is 16.8 Å². The summed E-state index contributed by atoms with van der Waals surface area (Å²) in [7, 11) is 0. The molecule has 1 aromatic heterocycles. The van der Waals surface area contributed by atoms with Crippen LogP contribution in [0, 0.1) is 5.41 Å². The monoisotopic (exact) mass is 217 g/mol. The number of carbonyl (C=O) groups excluding carboxylic acids is 1. The van der Waals surface area contributed by atoms with Gasteiger partial charge < -0.3 is 10.2 Å². The number of aromatic nitrogens is 1. The van der Waals surface area contributed by atoms with Crippen molar-refractivity contribution in [2.75, 3.05) is 0 Å². The van der Waals surface area contributed by atoms with Gasteiger partial charge in [-0.05, 0) is 12.1 Å². The third-order valence-electron chi connectivity index (χ3n) is 2.09. The summed E-state index contributed by atoms with van der Waals surface area (Å²) in [5, 5.41) is 7.28. The largest absolute Gasteiger partial charge is 0.417 e. The lowest BCUT2D eigenvalue weighted by molar-refractivity contribution is 0.555. The number of amidine groups is 1. The van der Waals surface area contributed by atoms with Gasteiger partial charge in [0.1, 0.15) is 11.8 Å². The van der Waals surface area contributed by atoms with E-state index in [2.05, 4.69) is 4.98 Å². The van der Waals surface area contributed by atoms with Crippen LogP contribution in [0.15, 0.2) is 21.3 Å².